The molecule has 0 aromatic carbocycles. The third kappa shape index (κ3) is 0.963. The van der Waals surface area contributed by atoms with Gasteiger partial charge in [-0.3, -0.25) is 4.40 Å². The molecular weight excluding hydrogens is 162 g/mol. The van der Waals surface area contributed by atoms with Gasteiger partial charge in [-0.15, -0.1) is 10.2 Å². The minimum Gasteiger partial charge on any atom is -0.286 e. The summed E-state index contributed by atoms with van der Waals surface area (Å²) in [5.74, 6) is 1.80. The lowest BCUT2D eigenvalue weighted by molar-refractivity contribution is 0.897. The zero-order valence-corrected chi connectivity index (χ0v) is 7.57. The molecule has 0 N–H and O–H groups in total. The highest BCUT2D eigenvalue weighted by molar-refractivity contribution is 5.46. The Balaban J connectivity index is 2.32. The van der Waals surface area contributed by atoms with Crippen LogP contribution in [0.2, 0.25) is 0 Å². The van der Waals surface area contributed by atoms with Crippen molar-refractivity contribution in [1.82, 2.24) is 14.6 Å². The molecule has 2 aromatic rings. The van der Waals surface area contributed by atoms with E-state index in [0.29, 0.717) is 5.92 Å². The molecule has 1 fully saturated rings. The molecule has 1 saturated carbocycles. The highest BCUT2D eigenvalue weighted by atomic mass is 15.3. The first-order chi connectivity index (χ1) is 6.36. The first-order valence-electron chi connectivity index (χ1n) is 4.66. The van der Waals surface area contributed by atoms with Crippen molar-refractivity contribution < 1.29 is 0 Å². The Labute approximate surface area is 76.4 Å². The summed E-state index contributed by atoms with van der Waals surface area (Å²) in [6, 6.07) is 4.12. The quantitative estimate of drug-likeness (QED) is 0.659. The number of pyridine rings is 1. The van der Waals surface area contributed by atoms with Gasteiger partial charge in [0.05, 0.1) is 0 Å². The van der Waals surface area contributed by atoms with E-state index in [2.05, 4.69) is 39.9 Å². The Morgan fingerprint density at radius 3 is 3.00 bits per heavy atom. The molecule has 2 aromatic heterocycles. The molecule has 0 saturated heterocycles. The average Bonchev–Trinajstić information content (AvgIpc) is 2.87. The van der Waals surface area contributed by atoms with Crippen LogP contribution < -0.4 is 0 Å². The SMILES string of the molecule is Cc1cccn2c(C3CC3)nnc12. The number of hydrogen-bond donors (Lipinski definition) is 0. The zero-order chi connectivity index (χ0) is 8.84. The monoisotopic (exact) mass is 173 g/mol. The molecule has 13 heavy (non-hydrogen) atoms. The Kier molecular flexibility index (Phi) is 1.26. The Morgan fingerprint density at radius 2 is 2.23 bits per heavy atom. The van der Waals surface area contributed by atoms with Crippen molar-refractivity contribution in [3.05, 3.63) is 29.7 Å². The Hall–Kier alpha value is -1.38. The molecular formula is C10H11N3. The molecule has 3 nitrogen and oxygen atoms in total. The lowest BCUT2D eigenvalue weighted by Crippen LogP contribution is -1.92. The molecule has 0 bridgehead atoms. The molecule has 1 aliphatic rings. The summed E-state index contributed by atoms with van der Waals surface area (Å²) in [5.41, 5.74) is 2.20. The minimum atomic E-state index is 0.664. The van der Waals surface area contributed by atoms with Crippen LogP contribution in [-0.4, -0.2) is 14.6 Å². The van der Waals surface area contributed by atoms with Crippen LogP contribution in [-0.2, 0) is 0 Å². The lowest BCUT2D eigenvalue weighted by Gasteiger charge is -1.97. The number of fused-ring (bicyclic) bond motifs is 1. The predicted molar refractivity (Wildman–Crippen MR) is 49.7 cm³/mol. The fraction of sp³-hybridized carbons (Fsp3) is 0.400. The van der Waals surface area contributed by atoms with Crippen LogP contribution in [0.25, 0.3) is 5.65 Å². The van der Waals surface area contributed by atoms with Crippen LogP contribution in [0, 0.1) is 6.92 Å². The fourth-order valence-electron chi connectivity index (χ4n) is 1.69. The van der Waals surface area contributed by atoms with Crippen molar-refractivity contribution in [1.29, 1.82) is 0 Å². The normalized spacial score (nSPS) is 16.7. The van der Waals surface area contributed by atoms with E-state index in [1.165, 1.54) is 18.4 Å². The Bertz CT molecular complexity index is 454. The Morgan fingerprint density at radius 1 is 1.38 bits per heavy atom. The second kappa shape index (κ2) is 2.31. The smallest absolute Gasteiger partial charge is 0.163 e. The summed E-state index contributed by atoms with van der Waals surface area (Å²) in [6.45, 7) is 2.07. The molecule has 0 atom stereocenters. The molecule has 0 amide bonds. The van der Waals surface area contributed by atoms with Gasteiger partial charge in [-0.05, 0) is 31.4 Å². The van der Waals surface area contributed by atoms with Crippen molar-refractivity contribution in [2.45, 2.75) is 25.7 Å². The van der Waals surface area contributed by atoms with Gasteiger partial charge in [0.15, 0.2) is 5.65 Å². The maximum absolute atomic E-state index is 4.23. The minimum absolute atomic E-state index is 0.664. The van der Waals surface area contributed by atoms with Crippen molar-refractivity contribution in [3.8, 4) is 0 Å². The van der Waals surface area contributed by atoms with Gasteiger partial charge in [0, 0.05) is 12.1 Å². The third-order valence-corrected chi connectivity index (χ3v) is 2.60. The summed E-state index contributed by atoms with van der Waals surface area (Å²) in [6.07, 6.45) is 4.60. The molecule has 0 radical (unpaired) electrons. The van der Waals surface area contributed by atoms with E-state index >= 15 is 0 Å². The molecule has 3 rings (SSSR count). The summed E-state index contributed by atoms with van der Waals surface area (Å²) in [5, 5.41) is 8.42. The molecule has 0 spiro atoms. The van der Waals surface area contributed by atoms with Crippen LogP contribution in [0.5, 0.6) is 0 Å². The number of hydrogen-bond acceptors (Lipinski definition) is 2. The molecule has 0 unspecified atom stereocenters. The first kappa shape index (κ1) is 7.06. The van der Waals surface area contributed by atoms with Gasteiger partial charge in [0.1, 0.15) is 5.82 Å². The van der Waals surface area contributed by atoms with E-state index in [1.54, 1.807) is 0 Å². The third-order valence-electron chi connectivity index (χ3n) is 2.60. The second-order valence-corrected chi connectivity index (χ2v) is 3.72. The number of rotatable bonds is 1. The predicted octanol–water partition coefficient (Wildman–Crippen LogP) is 1.92. The van der Waals surface area contributed by atoms with Gasteiger partial charge in [-0.2, -0.15) is 0 Å². The number of aromatic nitrogens is 3. The van der Waals surface area contributed by atoms with Gasteiger partial charge in [0.25, 0.3) is 0 Å². The fourth-order valence-corrected chi connectivity index (χ4v) is 1.69. The van der Waals surface area contributed by atoms with E-state index in [1.807, 2.05) is 0 Å². The van der Waals surface area contributed by atoms with E-state index < -0.39 is 0 Å². The average molecular weight is 173 g/mol. The maximum Gasteiger partial charge on any atom is 0.163 e. The topological polar surface area (TPSA) is 30.2 Å². The standard InChI is InChI=1S/C10H11N3/c1-7-3-2-6-13-9(7)11-12-10(13)8-4-5-8/h2-3,6,8H,4-5H2,1H3. The van der Waals surface area contributed by atoms with E-state index in [4.69, 9.17) is 0 Å². The van der Waals surface area contributed by atoms with E-state index in [0.717, 1.165) is 11.5 Å². The largest absolute Gasteiger partial charge is 0.286 e. The van der Waals surface area contributed by atoms with E-state index in [-0.39, 0.29) is 0 Å². The number of aryl methyl sites for hydroxylation is 1. The van der Waals surface area contributed by atoms with Crippen LogP contribution in [0.3, 0.4) is 0 Å². The summed E-state index contributed by atoms with van der Waals surface area (Å²) < 4.78 is 2.12. The van der Waals surface area contributed by atoms with Gasteiger partial charge in [0.2, 0.25) is 0 Å². The van der Waals surface area contributed by atoms with Crippen molar-refractivity contribution >= 4 is 5.65 Å². The van der Waals surface area contributed by atoms with Crippen molar-refractivity contribution in [3.63, 3.8) is 0 Å². The summed E-state index contributed by atoms with van der Waals surface area (Å²) in [4.78, 5) is 0. The lowest BCUT2D eigenvalue weighted by atomic mass is 10.3. The van der Waals surface area contributed by atoms with Gasteiger partial charge < -0.3 is 0 Å². The molecule has 3 heteroatoms. The summed E-state index contributed by atoms with van der Waals surface area (Å²) >= 11 is 0. The molecule has 1 aliphatic carbocycles. The second-order valence-electron chi connectivity index (χ2n) is 3.72. The highest BCUT2D eigenvalue weighted by Gasteiger charge is 2.28. The zero-order valence-electron chi connectivity index (χ0n) is 7.57. The van der Waals surface area contributed by atoms with Crippen LogP contribution >= 0.6 is 0 Å². The van der Waals surface area contributed by atoms with Gasteiger partial charge >= 0.3 is 0 Å². The summed E-state index contributed by atoms with van der Waals surface area (Å²) in [7, 11) is 0. The van der Waals surface area contributed by atoms with Gasteiger partial charge in [-0.1, -0.05) is 6.07 Å². The molecule has 2 heterocycles. The maximum atomic E-state index is 4.23. The van der Waals surface area contributed by atoms with Gasteiger partial charge in [-0.25, -0.2) is 0 Å². The van der Waals surface area contributed by atoms with Crippen molar-refractivity contribution in [2.75, 3.05) is 0 Å². The molecule has 66 valence electrons. The van der Waals surface area contributed by atoms with Crippen LogP contribution in [0.15, 0.2) is 18.3 Å². The van der Waals surface area contributed by atoms with E-state index in [9.17, 15) is 0 Å². The molecule has 0 aliphatic heterocycles. The number of nitrogens with zero attached hydrogens (tertiary/aromatic N) is 3. The first-order valence-corrected chi connectivity index (χ1v) is 4.66. The van der Waals surface area contributed by atoms with Crippen molar-refractivity contribution in [2.24, 2.45) is 0 Å². The van der Waals surface area contributed by atoms with Crippen LogP contribution in [0.1, 0.15) is 30.1 Å². The highest BCUT2D eigenvalue weighted by Crippen LogP contribution is 2.38. The van der Waals surface area contributed by atoms with Crippen LogP contribution in [0.4, 0.5) is 0 Å².